The Morgan fingerprint density at radius 2 is 1.75 bits per heavy atom. The van der Waals surface area contributed by atoms with Gasteiger partial charge in [-0.2, -0.15) is 0 Å². The summed E-state index contributed by atoms with van der Waals surface area (Å²) in [4.78, 5) is 41.7. The molecular weight excluding hydrogens is 590 g/mol. The Hall–Kier alpha value is -3.55. The lowest BCUT2D eigenvalue weighted by Crippen LogP contribution is -2.53. The van der Waals surface area contributed by atoms with E-state index in [4.69, 9.17) is 19.9 Å². The van der Waals surface area contributed by atoms with Crippen LogP contribution in [0.2, 0.25) is 0 Å². The summed E-state index contributed by atoms with van der Waals surface area (Å²) in [6, 6.07) is -0.937. The Balaban J connectivity index is 1.73. The number of nitrogens with zero attached hydrogens (tertiary/aromatic N) is 1. The summed E-state index contributed by atoms with van der Waals surface area (Å²) in [6.45, 7) is 15.6. The predicted octanol–water partition coefficient (Wildman–Crippen LogP) is 2.80. The Bertz CT molecular complexity index is 1430. The molecule has 2 atom stereocenters. The monoisotopic (exact) mass is 637 g/mol. The lowest BCUT2D eigenvalue weighted by molar-refractivity contribution is -0.156. The number of carbonyl (C=O) groups excluding carboxylic acids is 3. The van der Waals surface area contributed by atoms with Crippen LogP contribution in [0.15, 0.2) is 9.89 Å². The fraction of sp³-hybridized carbons (Fsp3) is 0.667. The molecule has 1 aromatic carbocycles. The van der Waals surface area contributed by atoms with Gasteiger partial charge in [0.25, 0.3) is 15.9 Å². The second kappa shape index (κ2) is 13.2. The van der Waals surface area contributed by atoms with E-state index in [1.807, 2.05) is 20.8 Å². The molecule has 14 heteroatoms. The summed E-state index contributed by atoms with van der Waals surface area (Å²) in [5.41, 5.74) is 7.54. The molecule has 2 aliphatic rings. The largest absolute Gasteiger partial charge is 0.487 e. The summed E-state index contributed by atoms with van der Waals surface area (Å²) in [5.74, 6) is -0.795. The third kappa shape index (κ3) is 9.23. The van der Waals surface area contributed by atoms with Gasteiger partial charge in [-0.05, 0) is 97.8 Å². The SMILES string of the molecule is CC(=O)OC(C(=O)NC1CC1)[C@H](CCCN=C(N)NS(=O)(=O)c1c(C)c(C)c2c(c1C)CC(C)(C)O2)NC(=O)OC(C)(C)C. The molecule has 1 aliphatic carbocycles. The first-order valence-electron chi connectivity index (χ1n) is 14.8. The Morgan fingerprint density at radius 1 is 1.11 bits per heavy atom. The van der Waals surface area contributed by atoms with E-state index < -0.39 is 51.3 Å². The minimum absolute atomic E-state index is 0.000838. The molecule has 3 rings (SSSR count). The first kappa shape index (κ1) is 34.9. The van der Waals surface area contributed by atoms with E-state index >= 15 is 0 Å². The second-order valence-electron chi connectivity index (χ2n) is 13.1. The molecule has 0 aromatic heterocycles. The smallest absolute Gasteiger partial charge is 0.408 e. The van der Waals surface area contributed by atoms with E-state index in [2.05, 4.69) is 20.3 Å². The Labute approximate surface area is 260 Å². The van der Waals surface area contributed by atoms with Crippen molar-refractivity contribution in [1.29, 1.82) is 0 Å². The summed E-state index contributed by atoms with van der Waals surface area (Å²) < 4.78 is 46.1. The quantitative estimate of drug-likeness (QED) is 0.122. The van der Waals surface area contributed by atoms with Crippen molar-refractivity contribution in [2.45, 2.75) is 129 Å². The van der Waals surface area contributed by atoms with Crippen molar-refractivity contribution < 1.29 is 37.0 Å². The fourth-order valence-electron chi connectivity index (χ4n) is 5.15. The standard InChI is InChI=1S/C30H47N5O8S/c1-16-17(2)25(18(3)21-15-30(8,9)42-23(16)21)44(39,40)35-27(31)32-14-10-11-22(34-28(38)43-29(5,6)7)24(41-19(4)36)26(37)33-20-12-13-20/h20,22,24H,10-15H2,1-9H3,(H,33,37)(H,34,38)(H3,31,32,35)/t22-,24?/m0/s1. The van der Waals surface area contributed by atoms with Crippen LogP contribution < -0.4 is 25.8 Å². The van der Waals surface area contributed by atoms with Gasteiger partial charge in [-0.15, -0.1) is 0 Å². The molecule has 13 nitrogen and oxygen atoms in total. The maximum atomic E-state index is 13.5. The van der Waals surface area contributed by atoms with Crippen molar-refractivity contribution in [3.05, 3.63) is 22.3 Å². The molecule has 1 unspecified atom stereocenters. The number of nitrogens with one attached hydrogen (secondary N) is 3. The van der Waals surface area contributed by atoms with Gasteiger partial charge >= 0.3 is 12.1 Å². The van der Waals surface area contributed by atoms with Crippen LogP contribution in [0.4, 0.5) is 4.79 Å². The number of hydrogen-bond acceptors (Lipinski definition) is 9. The predicted molar refractivity (Wildman–Crippen MR) is 165 cm³/mol. The van der Waals surface area contributed by atoms with Gasteiger partial charge in [0.1, 0.15) is 17.0 Å². The third-order valence-corrected chi connectivity index (χ3v) is 8.93. The number of ether oxygens (including phenoxy) is 3. The van der Waals surface area contributed by atoms with Crippen molar-refractivity contribution >= 4 is 34.0 Å². The van der Waals surface area contributed by atoms with Gasteiger partial charge in [-0.1, -0.05) is 0 Å². The maximum Gasteiger partial charge on any atom is 0.408 e. The molecule has 0 saturated heterocycles. The van der Waals surface area contributed by atoms with Gasteiger partial charge in [0.2, 0.25) is 5.96 Å². The summed E-state index contributed by atoms with van der Waals surface area (Å²) in [6.07, 6.45) is 0.552. The van der Waals surface area contributed by atoms with Crippen LogP contribution in [0.25, 0.3) is 0 Å². The molecule has 5 N–H and O–H groups in total. The van der Waals surface area contributed by atoms with Crippen LogP contribution in [-0.4, -0.2) is 68.3 Å². The van der Waals surface area contributed by atoms with Crippen LogP contribution in [0.5, 0.6) is 5.75 Å². The maximum absolute atomic E-state index is 13.5. The minimum atomic E-state index is -4.08. The third-order valence-electron chi connectivity index (χ3n) is 7.30. The number of nitrogens with two attached hydrogens (primary N) is 1. The number of sulfonamides is 1. The topological polar surface area (TPSA) is 188 Å². The first-order chi connectivity index (χ1) is 20.2. The molecule has 246 valence electrons. The molecular formula is C30H47N5O8S. The highest BCUT2D eigenvalue weighted by Crippen LogP contribution is 2.43. The van der Waals surface area contributed by atoms with Gasteiger partial charge < -0.3 is 30.6 Å². The zero-order chi connectivity index (χ0) is 33.2. The van der Waals surface area contributed by atoms with E-state index in [0.717, 1.165) is 29.7 Å². The van der Waals surface area contributed by atoms with Gasteiger partial charge in [-0.25, -0.2) is 17.9 Å². The van der Waals surface area contributed by atoms with Crippen LogP contribution in [0.1, 0.15) is 89.5 Å². The van der Waals surface area contributed by atoms with Crippen molar-refractivity contribution in [2.24, 2.45) is 10.7 Å². The normalized spacial score (nSPS) is 17.5. The number of rotatable bonds is 11. The van der Waals surface area contributed by atoms with E-state index in [9.17, 15) is 22.8 Å². The molecule has 1 heterocycles. The average molecular weight is 638 g/mol. The number of carbonyl (C=O) groups is 3. The zero-order valence-electron chi connectivity index (χ0n) is 27.2. The molecule has 1 saturated carbocycles. The van der Waals surface area contributed by atoms with Crippen LogP contribution in [0, 0.1) is 20.8 Å². The number of benzene rings is 1. The molecule has 0 radical (unpaired) electrons. The highest BCUT2D eigenvalue weighted by Gasteiger charge is 2.38. The molecule has 1 aromatic rings. The number of aliphatic imine (C=N–C) groups is 1. The number of fused-ring (bicyclic) bond motifs is 1. The lowest BCUT2D eigenvalue weighted by Gasteiger charge is -2.28. The molecule has 0 bridgehead atoms. The van der Waals surface area contributed by atoms with E-state index in [1.165, 1.54) is 6.92 Å². The number of hydrogen-bond donors (Lipinski definition) is 4. The highest BCUT2D eigenvalue weighted by molar-refractivity contribution is 7.90. The molecule has 0 spiro atoms. The Kier molecular flexibility index (Phi) is 10.5. The lowest BCUT2D eigenvalue weighted by atomic mass is 9.94. The average Bonchev–Trinajstić information content (AvgIpc) is 3.60. The van der Waals surface area contributed by atoms with Gasteiger partial charge in [0.15, 0.2) is 6.10 Å². The summed E-state index contributed by atoms with van der Waals surface area (Å²) in [5, 5.41) is 5.45. The number of guanidine groups is 1. The first-order valence-corrected chi connectivity index (χ1v) is 16.3. The zero-order valence-corrected chi connectivity index (χ0v) is 28.0. The van der Waals surface area contributed by atoms with Crippen LogP contribution in [0.3, 0.4) is 0 Å². The second-order valence-corrected chi connectivity index (χ2v) is 14.7. The van der Waals surface area contributed by atoms with Gasteiger partial charge in [0.05, 0.1) is 10.9 Å². The highest BCUT2D eigenvalue weighted by atomic mass is 32.2. The number of esters is 1. The molecule has 1 aliphatic heterocycles. The Morgan fingerprint density at radius 3 is 2.32 bits per heavy atom. The summed E-state index contributed by atoms with van der Waals surface area (Å²) >= 11 is 0. The van der Waals surface area contributed by atoms with Crippen LogP contribution in [-0.2, 0) is 35.5 Å². The van der Waals surface area contributed by atoms with E-state index in [1.54, 1.807) is 34.6 Å². The molecule has 2 amide bonds. The molecule has 44 heavy (non-hydrogen) atoms. The van der Waals surface area contributed by atoms with E-state index in [-0.39, 0.29) is 36.3 Å². The van der Waals surface area contributed by atoms with Crippen molar-refractivity contribution in [3.8, 4) is 5.75 Å². The summed E-state index contributed by atoms with van der Waals surface area (Å²) in [7, 11) is -4.08. The van der Waals surface area contributed by atoms with E-state index in [0.29, 0.717) is 17.5 Å². The van der Waals surface area contributed by atoms with Crippen molar-refractivity contribution in [2.75, 3.05) is 6.54 Å². The van der Waals surface area contributed by atoms with Gasteiger partial charge in [0, 0.05) is 31.5 Å². The number of alkyl carbamates (subject to hydrolysis) is 1. The fourth-order valence-corrected chi connectivity index (χ4v) is 6.67. The van der Waals surface area contributed by atoms with Crippen molar-refractivity contribution in [3.63, 3.8) is 0 Å². The van der Waals surface area contributed by atoms with Crippen LogP contribution >= 0.6 is 0 Å². The minimum Gasteiger partial charge on any atom is -0.487 e. The van der Waals surface area contributed by atoms with Crippen molar-refractivity contribution in [1.82, 2.24) is 15.4 Å². The number of amides is 2. The molecule has 1 fully saturated rings. The van der Waals surface area contributed by atoms with Gasteiger partial charge in [-0.3, -0.25) is 14.6 Å².